The molecule has 0 amide bonds. The maximum absolute atomic E-state index is 11.5. The molecule has 0 saturated heterocycles. The lowest BCUT2D eigenvalue weighted by atomic mass is 10.00. The molecule has 0 aliphatic carbocycles. The second-order valence-corrected chi connectivity index (χ2v) is 4.54. The van der Waals surface area contributed by atoms with Crippen molar-refractivity contribution in [1.29, 1.82) is 0 Å². The van der Waals surface area contributed by atoms with Gasteiger partial charge in [0, 0.05) is 12.2 Å². The Balaban J connectivity index is 2.70. The summed E-state index contributed by atoms with van der Waals surface area (Å²) in [7, 11) is 0. The van der Waals surface area contributed by atoms with Crippen molar-refractivity contribution in [3.8, 4) is 0 Å². The molecule has 0 aliphatic rings. The fourth-order valence-corrected chi connectivity index (χ4v) is 1.14. The Morgan fingerprint density at radius 1 is 1.60 bits per heavy atom. The Labute approximate surface area is 89.9 Å². The molecular weight excluding hydrogens is 192 g/mol. The minimum Gasteiger partial charge on any atom is -0.383 e. The fraction of sp³-hybridized carbons (Fsp3) is 0.636. The molecule has 0 atom stereocenters. The van der Waals surface area contributed by atoms with E-state index in [4.69, 9.17) is 0 Å². The van der Waals surface area contributed by atoms with Gasteiger partial charge in [-0.05, 0) is 33.8 Å². The zero-order valence-electron chi connectivity index (χ0n) is 9.69. The van der Waals surface area contributed by atoms with E-state index in [-0.39, 0.29) is 18.2 Å². The molecule has 1 N–H and O–H groups in total. The van der Waals surface area contributed by atoms with Crippen molar-refractivity contribution < 1.29 is 9.90 Å². The molecule has 0 fully saturated rings. The highest BCUT2D eigenvalue weighted by atomic mass is 16.3. The molecule has 1 heterocycles. The minimum atomic E-state index is -1.28. The molecule has 4 nitrogen and oxygen atoms in total. The van der Waals surface area contributed by atoms with Crippen LogP contribution in [-0.2, 0) is 11.2 Å². The Kier molecular flexibility index (Phi) is 3.29. The highest BCUT2D eigenvalue weighted by Crippen LogP contribution is 2.09. The summed E-state index contributed by atoms with van der Waals surface area (Å²) in [4.78, 5) is 11.5. The van der Waals surface area contributed by atoms with Crippen LogP contribution >= 0.6 is 0 Å². The molecule has 0 unspecified atom stereocenters. The lowest BCUT2D eigenvalue weighted by Gasteiger charge is -2.14. The predicted octanol–water partition coefficient (Wildman–Crippen LogP) is 1.35. The first-order valence-electron chi connectivity index (χ1n) is 5.10. The lowest BCUT2D eigenvalue weighted by Crippen LogP contribution is -2.32. The van der Waals surface area contributed by atoms with Crippen LogP contribution in [0.25, 0.3) is 0 Å². The summed E-state index contributed by atoms with van der Waals surface area (Å²) in [5.41, 5.74) is -0.572. The molecule has 0 saturated carbocycles. The number of aromatic nitrogens is 2. The SMILES string of the molecule is CC(C)n1ccc(CC(=O)C(C)(C)O)n1. The highest BCUT2D eigenvalue weighted by Gasteiger charge is 2.24. The Hall–Kier alpha value is -1.16. The number of carbonyl (C=O) groups is 1. The zero-order valence-corrected chi connectivity index (χ0v) is 9.69. The number of hydrogen-bond donors (Lipinski definition) is 1. The average molecular weight is 210 g/mol. The predicted molar refractivity (Wildman–Crippen MR) is 57.6 cm³/mol. The number of carbonyl (C=O) groups excluding carboxylic acids is 1. The Morgan fingerprint density at radius 2 is 2.20 bits per heavy atom. The number of rotatable bonds is 4. The van der Waals surface area contributed by atoms with Gasteiger partial charge in [-0.2, -0.15) is 5.10 Å². The van der Waals surface area contributed by atoms with E-state index in [1.54, 1.807) is 4.68 Å². The largest absolute Gasteiger partial charge is 0.383 e. The normalized spacial score (nSPS) is 12.1. The third-order valence-corrected chi connectivity index (χ3v) is 2.22. The Bertz CT molecular complexity index is 348. The van der Waals surface area contributed by atoms with Crippen LogP contribution in [0.2, 0.25) is 0 Å². The molecule has 1 aromatic rings. The number of ketones is 1. The van der Waals surface area contributed by atoms with Crippen molar-refractivity contribution in [2.24, 2.45) is 0 Å². The van der Waals surface area contributed by atoms with Gasteiger partial charge in [0.05, 0.1) is 12.1 Å². The van der Waals surface area contributed by atoms with E-state index in [1.807, 2.05) is 26.1 Å². The molecule has 1 aromatic heterocycles. The van der Waals surface area contributed by atoms with E-state index in [0.717, 1.165) is 0 Å². The van der Waals surface area contributed by atoms with Crippen molar-refractivity contribution in [2.45, 2.75) is 45.8 Å². The van der Waals surface area contributed by atoms with Crippen LogP contribution in [0.1, 0.15) is 39.4 Å². The summed E-state index contributed by atoms with van der Waals surface area (Å²) < 4.78 is 1.80. The van der Waals surface area contributed by atoms with E-state index < -0.39 is 5.60 Å². The summed E-state index contributed by atoms with van der Waals surface area (Å²) in [6.07, 6.45) is 2.03. The van der Waals surface area contributed by atoms with Crippen molar-refractivity contribution >= 4 is 5.78 Å². The van der Waals surface area contributed by atoms with Crippen molar-refractivity contribution in [3.63, 3.8) is 0 Å². The monoisotopic (exact) mass is 210 g/mol. The van der Waals surface area contributed by atoms with Crippen LogP contribution in [0.4, 0.5) is 0 Å². The topological polar surface area (TPSA) is 55.1 Å². The maximum atomic E-state index is 11.5. The first kappa shape index (κ1) is 11.9. The summed E-state index contributed by atoms with van der Waals surface area (Å²) in [6, 6.07) is 2.10. The lowest BCUT2D eigenvalue weighted by molar-refractivity contribution is -0.133. The maximum Gasteiger partial charge on any atom is 0.169 e. The first-order chi connectivity index (χ1) is 6.80. The summed E-state index contributed by atoms with van der Waals surface area (Å²) in [6.45, 7) is 7.03. The van der Waals surface area contributed by atoms with Crippen molar-refractivity contribution in [2.75, 3.05) is 0 Å². The van der Waals surface area contributed by atoms with Crippen LogP contribution in [0.3, 0.4) is 0 Å². The fourth-order valence-electron chi connectivity index (χ4n) is 1.14. The van der Waals surface area contributed by atoms with Crippen LogP contribution < -0.4 is 0 Å². The second kappa shape index (κ2) is 4.14. The molecule has 0 radical (unpaired) electrons. The first-order valence-corrected chi connectivity index (χ1v) is 5.10. The molecule has 0 bridgehead atoms. The zero-order chi connectivity index (χ0) is 11.6. The summed E-state index contributed by atoms with van der Waals surface area (Å²) >= 11 is 0. The van der Waals surface area contributed by atoms with Gasteiger partial charge in [-0.3, -0.25) is 9.48 Å². The van der Waals surface area contributed by atoms with Gasteiger partial charge in [0.1, 0.15) is 5.60 Å². The molecule has 0 spiro atoms. The van der Waals surface area contributed by atoms with Gasteiger partial charge in [-0.1, -0.05) is 0 Å². The molecule has 0 aliphatic heterocycles. The van der Waals surface area contributed by atoms with Gasteiger partial charge in [0.2, 0.25) is 0 Å². The van der Waals surface area contributed by atoms with E-state index in [2.05, 4.69) is 5.10 Å². The minimum absolute atomic E-state index is 0.184. The van der Waals surface area contributed by atoms with E-state index >= 15 is 0 Å². The molecule has 4 heteroatoms. The van der Waals surface area contributed by atoms with Gasteiger partial charge < -0.3 is 5.11 Å². The average Bonchev–Trinajstić information content (AvgIpc) is 2.50. The number of Topliss-reactive ketones (excluding diaryl/α,β-unsaturated/α-hetero) is 1. The summed E-state index contributed by atoms with van der Waals surface area (Å²) in [5, 5.41) is 13.7. The van der Waals surface area contributed by atoms with E-state index in [0.29, 0.717) is 5.69 Å². The van der Waals surface area contributed by atoms with Crippen molar-refractivity contribution in [3.05, 3.63) is 18.0 Å². The van der Waals surface area contributed by atoms with Gasteiger partial charge in [0.25, 0.3) is 0 Å². The molecule has 15 heavy (non-hydrogen) atoms. The van der Waals surface area contributed by atoms with Gasteiger partial charge in [-0.25, -0.2) is 0 Å². The number of hydrogen-bond acceptors (Lipinski definition) is 3. The second-order valence-electron chi connectivity index (χ2n) is 4.54. The van der Waals surface area contributed by atoms with Gasteiger partial charge >= 0.3 is 0 Å². The van der Waals surface area contributed by atoms with Crippen LogP contribution in [0, 0.1) is 0 Å². The highest BCUT2D eigenvalue weighted by molar-refractivity contribution is 5.87. The summed E-state index contributed by atoms with van der Waals surface area (Å²) in [5.74, 6) is -0.212. The molecule has 0 aromatic carbocycles. The van der Waals surface area contributed by atoms with Crippen LogP contribution in [-0.4, -0.2) is 26.3 Å². The quantitative estimate of drug-likeness (QED) is 0.816. The Morgan fingerprint density at radius 3 is 2.60 bits per heavy atom. The van der Waals surface area contributed by atoms with Crippen LogP contribution in [0.5, 0.6) is 0 Å². The van der Waals surface area contributed by atoms with Crippen LogP contribution in [0.15, 0.2) is 12.3 Å². The van der Waals surface area contributed by atoms with E-state index in [1.165, 1.54) is 13.8 Å². The number of nitrogens with zero attached hydrogens (tertiary/aromatic N) is 2. The molecule has 84 valence electrons. The number of aliphatic hydroxyl groups is 1. The molecule has 1 rings (SSSR count). The van der Waals surface area contributed by atoms with Gasteiger partial charge in [0.15, 0.2) is 5.78 Å². The van der Waals surface area contributed by atoms with E-state index in [9.17, 15) is 9.90 Å². The third-order valence-electron chi connectivity index (χ3n) is 2.22. The third kappa shape index (κ3) is 3.16. The van der Waals surface area contributed by atoms with Gasteiger partial charge in [-0.15, -0.1) is 0 Å². The van der Waals surface area contributed by atoms with Crippen molar-refractivity contribution in [1.82, 2.24) is 9.78 Å². The smallest absolute Gasteiger partial charge is 0.169 e. The molecular formula is C11H18N2O2. The standard InChI is InChI=1S/C11H18N2O2/c1-8(2)13-6-5-9(12-13)7-10(14)11(3,4)15/h5-6,8,15H,7H2,1-4H3.